The molecule has 2 aromatic rings. The number of hydrogen-bond donors (Lipinski definition) is 1. The van der Waals surface area contributed by atoms with Crippen molar-refractivity contribution in [2.24, 2.45) is 10.7 Å². The van der Waals surface area contributed by atoms with E-state index < -0.39 is 0 Å². The van der Waals surface area contributed by atoms with Crippen LogP contribution in [-0.4, -0.2) is 13.0 Å². The molecule has 0 bridgehead atoms. The zero-order valence-electron chi connectivity index (χ0n) is 11.7. The molecule has 2 aromatic carbocycles. The molecular formula is C16H18ClN3. The number of hydrogen-bond acceptors (Lipinski definition) is 1. The molecule has 0 saturated heterocycles. The van der Waals surface area contributed by atoms with Gasteiger partial charge in [0, 0.05) is 12.7 Å². The number of rotatable bonds is 3. The molecule has 2 rings (SSSR count). The molecule has 0 fully saturated rings. The maximum atomic E-state index is 6.09. The van der Waals surface area contributed by atoms with Crippen molar-refractivity contribution in [2.45, 2.75) is 13.3 Å². The fourth-order valence-corrected chi connectivity index (χ4v) is 2.04. The van der Waals surface area contributed by atoms with Crippen molar-refractivity contribution in [2.75, 3.05) is 11.9 Å². The van der Waals surface area contributed by atoms with Gasteiger partial charge in [0.25, 0.3) is 0 Å². The smallest absolute Gasteiger partial charge is 0.200 e. The van der Waals surface area contributed by atoms with Crippen molar-refractivity contribution in [3.8, 4) is 0 Å². The summed E-state index contributed by atoms with van der Waals surface area (Å²) in [6, 6.07) is 15.6. The van der Waals surface area contributed by atoms with Gasteiger partial charge in [-0.2, -0.15) is 0 Å². The highest BCUT2D eigenvalue weighted by Crippen LogP contribution is 2.24. The first kappa shape index (κ1) is 14.4. The molecule has 104 valence electrons. The molecule has 2 N–H and O–H groups in total. The van der Waals surface area contributed by atoms with Gasteiger partial charge in [-0.05, 0) is 36.2 Å². The lowest BCUT2D eigenvalue weighted by Crippen LogP contribution is -2.33. The van der Waals surface area contributed by atoms with Crippen LogP contribution < -0.4 is 10.6 Å². The van der Waals surface area contributed by atoms with E-state index >= 15 is 0 Å². The number of para-hydroxylation sites is 1. The lowest BCUT2D eigenvalue weighted by atomic mass is 10.1. The Labute approximate surface area is 124 Å². The van der Waals surface area contributed by atoms with E-state index in [0.717, 1.165) is 12.1 Å². The maximum absolute atomic E-state index is 6.09. The van der Waals surface area contributed by atoms with Crippen molar-refractivity contribution in [3.05, 3.63) is 59.1 Å². The molecule has 0 aromatic heterocycles. The molecule has 0 amide bonds. The molecular weight excluding hydrogens is 270 g/mol. The van der Waals surface area contributed by atoms with E-state index in [4.69, 9.17) is 17.3 Å². The van der Waals surface area contributed by atoms with Gasteiger partial charge in [0.05, 0.1) is 10.7 Å². The summed E-state index contributed by atoms with van der Waals surface area (Å²) in [6.45, 7) is 2.13. The second-order valence-electron chi connectivity index (χ2n) is 4.50. The summed E-state index contributed by atoms with van der Waals surface area (Å²) in [5.74, 6) is 0.409. The van der Waals surface area contributed by atoms with E-state index in [1.165, 1.54) is 5.56 Å². The molecule has 0 aliphatic heterocycles. The summed E-state index contributed by atoms with van der Waals surface area (Å²) in [5, 5.41) is 0.589. The second kappa shape index (κ2) is 6.44. The Morgan fingerprint density at radius 2 is 1.95 bits per heavy atom. The van der Waals surface area contributed by atoms with Crippen LogP contribution in [0, 0.1) is 0 Å². The Balaban J connectivity index is 2.28. The normalized spacial score (nSPS) is 11.4. The highest BCUT2D eigenvalue weighted by Gasteiger charge is 2.07. The first-order valence-corrected chi connectivity index (χ1v) is 6.91. The Morgan fingerprint density at radius 3 is 2.65 bits per heavy atom. The van der Waals surface area contributed by atoms with Crippen LogP contribution in [0.3, 0.4) is 0 Å². The van der Waals surface area contributed by atoms with E-state index in [1.807, 2.05) is 42.3 Å². The van der Waals surface area contributed by atoms with Gasteiger partial charge in [-0.15, -0.1) is 0 Å². The SMILES string of the molecule is CCc1cccc(N(C)C(N)=Nc2ccccc2Cl)c1. The predicted octanol–water partition coefficient (Wildman–Crippen LogP) is 3.99. The maximum Gasteiger partial charge on any atom is 0.200 e. The quantitative estimate of drug-likeness (QED) is 0.685. The number of benzene rings is 2. The summed E-state index contributed by atoms with van der Waals surface area (Å²) in [5.41, 5.74) is 9.01. The molecule has 0 atom stereocenters. The molecule has 4 heteroatoms. The number of nitrogens with two attached hydrogens (primary N) is 1. The third kappa shape index (κ3) is 3.31. The Kier molecular flexibility index (Phi) is 4.64. The molecule has 0 heterocycles. The van der Waals surface area contributed by atoms with E-state index in [0.29, 0.717) is 16.7 Å². The number of halogens is 1. The molecule has 3 nitrogen and oxygen atoms in total. The number of nitrogens with zero attached hydrogens (tertiary/aromatic N) is 2. The van der Waals surface area contributed by atoms with E-state index in [2.05, 4.69) is 24.0 Å². The Bertz CT molecular complexity index is 623. The van der Waals surface area contributed by atoms with Crippen molar-refractivity contribution >= 4 is 28.9 Å². The average Bonchev–Trinajstić information content (AvgIpc) is 2.48. The number of aryl methyl sites for hydroxylation is 1. The summed E-state index contributed by atoms with van der Waals surface area (Å²) in [7, 11) is 1.89. The number of anilines is 1. The van der Waals surface area contributed by atoms with Crippen molar-refractivity contribution in [1.29, 1.82) is 0 Å². The van der Waals surface area contributed by atoms with Gasteiger partial charge in [-0.25, -0.2) is 4.99 Å². The van der Waals surface area contributed by atoms with Gasteiger partial charge in [0.2, 0.25) is 5.96 Å². The van der Waals surface area contributed by atoms with Gasteiger partial charge in [-0.1, -0.05) is 42.8 Å². The van der Waals surface area contributed by atoms with Crippen LogP contribution in [0.25, 0.3) is 0 Å². The standard InChI is InChI=1S/C16H18ClN3/c1-3-12-7-6-8-13(11-12)20(2)16(18)19-15-10-5-4-9-14(15)17/h4-11H,3H2,1-2H3,(H2,18,19). The van der Waals surface area contributed by atoms with Crippen molar-refractivity contribution in [1.82, 2.24) is 0 Å². The van der Waals surface area contributed by atoms with Crippen molar-refractivity contribution in [3.63, 3.8) is 0 Å². The Hall–Kier alpha value is -2.00. The van der Waals surface area contributed by atoms with Gasteiger partial charge >= 0.3 is 0 Å². The zero-order valence-corrected chi connectivity index (χ0v) is 12.4. The monoisotopic (exact) mass is 287 g/mol. The van der Waals surface area contributed by atoms with Gasteiger partial charge < -0.3 is 10.6 Å². The minimum absolute atomic E-state index is 0.409. The fraction of sp³-hybridized carbons (Fsp3) is 0.188. The summed E-state index contributed by atoms with van der Waals surface area (Å²) in [6.07, 6.45) is 0.989. The summed E-state index contributed by atoms with van der Waals surface area (Å²) >= 11 is 6.09. The predicted molar refractivity (Wildman–Crippen MR) is 87.0 cm³/mol. The topological polar surface area (TPSA) is 41.6 Å². The number of aliphatic imine (C=N–C) groups is 1. The highest BCUT2D eigenvalue weighted by atomic mass is 35.5. The Morgan fingerprint density at radius 1 is 1.20 bits per heavy atom. The van der Waals surface area contributed by atoms with Crippen LogP contribution in [0.1, 0.15) is 12.5 Å². The van der Waals surface area contributed by atoms with E-state index in [9.17, 15) is 0 Å². The minimum Gasteiger partial charge on any atom is -0.369 e. The van der Waals surface area contributed by atoms with Crippen LogP contribution in [0.4, 0.5) is 11.4 Å². The van der Waals surface area contributed by atoms with Gasteiger partial charge in [0.15, 0.2) is 0 Å². The zero-order chi connectivity index (χ0) is 14.5. The molecule has 0 spiro atoms. The molecule has 0 aliphatic rings. The van der Waals surface area contributed by atoms with Gasteiger partial charge in [-0.3, -0.25) is 0 Å². The molecule has 20 heavy (non-hydrogen) atoms. The van der Waals surface area contributed by atoms with Crippen LogP contribution >= 0.6 is 11.6 Å². The van der Waals surface area contributed by atoms with E-state index in [-0.39, 0.29) is 0 Å². The van der Waals surface area contributed by atoms with Crippen LogP contribution in [0.2, 0.25) is 5.02 Å². The molecule has 0 saturated carbocycles. The van der Waals surface area contributed by atoms with Gasteiger partial charge in [0.1, 0.15) is 0 Å². The second-order valence-corrected chi connectivity index (χ2v) is 4.91. The van der Waals surface area contributed by atoms with Crippen LogP contribution in [0.15, 0.2) is 53.5 Å². The molecule has 0 aliphatic carbocycles. The first-order chi connectivity index (χ1) is 9.61. The largest absolute Gasteiger partial charge is 0.369 e. The highest BCUT2D eigenvalue weighted by molar-refractivity contribution is 6.33. The first-order valence-electron chi connectivity index (χ1n) is 6.53. The fourth-order valence-electron chi connectivity index (χ4n) is 1.86. The summed E-state index contributed by atoms with van der Waals surface area (Å²) in [4.78, 5) is 6.23. The average molecular weight is 288 g/mol. The third-order valence-electron chi connectivity index (χ3n) is 3.14. The van der Waals surface area contributed by atoms with E-state index in [1.54, 1.807) is 6.07 Å². The lowest BCUT2D eigenvalue weighted by molar-refractivity contribution is 1.13. The van der Waals surface area contributed by atoms with Crippen LogP contribution in [-0.2, 0) is 6.42 Å². The van der Waals surface area contributed by atoms with Crippen molar-refractivity contribution < 1.29 is 0 Å². The molecule has 0 unspecified atom stereocenters. The minimum atomic E-state index is 0.409. The number of guanidine groups is 1. The molecule has 0 radical (unpaired) electrons. The van der Waals surface area contributed by atoms with Crippen LogP contribution in [0.5, 0.6) is 0 Å². The third-order valence-corrected chi connectivity index (χ3v) is 3.46. The lowest BCUT2D eigenvalue weighted by Gasteiger charge is -2.19. The summed E-state index contributed by atoms with van der Waals surface area (Å²) < 4.78 is 0.